The van der Waals surface area contributed by atoms with E-state index in [2.05, 4.69) is 96.7 Å². The number of carboxylic acid groups (broad SMARTS) is 2. The number of Topliss-reactive ketones (excluding diaryl/α,β-unsaturated/α-hetero) is 2. The molecule has 0 saturated heterocycles. The van der Waals surface area contributed by atoms with Gasteiger partial charge in [0.1, 0.15) is 11.6 Å². The van der Waals surface area contributed by atoms with Gasteiger partial charge >= 0.3 is 40.4 Å². The summed E-state index contributed by atoms with van der Waals surface area (Å²) in [4.78, 5) is 47.0. The summed E-state index contributed by atoms with van der Waals surface area (Å²) in [6.45, 7) is 13.0. The third-order valence-corrected chi connectivity index (χ3v) is 18.6. The van der Waals surface area contributed by atoms with E-state index in [0.29, 0.717) is 6.10 Å². The van der Waals surface area contributed by atoms with E-state index in [0.717, 1.165) is 77.0 Å². The molecule has 0 fully saturated rings. The molecule has 91 heavy (non-hydrogen) atoms. The fourth-order valence-electron chi connectivity index (χ4n) is 12.1. The number of unbranched alkanes of at least 4 members (excludes halogenated alkanes) is 48. The van der Waals surface area contributed by atoms with Gasteiger partial charge in [0.25, 0.3) is 0 Å². The number of ketones is 2. The summed E-state index contributed by atoms with van der Waals surface area (Å²) in [5.41, 5.74) is 0. The van der Waals surface area contributed by atoms with E-state index in [1.807, 2.05) is 13.8 Å². The third-order valence-electron chi connectivity index (χ3n) is 18.1. The molecule has 0 bridgehead atoms. The molecule has 0 unspecified atom stereocenters. The summed E-state index contributed by atoms with van der Waals surface area (Å²) in [7, 11) is 0. The van der Waals surface area contributed by atoms with Crippen LogP contribution in [0.1, 0.15) is 440 Å². The first-order valence-corrected chi connectivity index (χ1v) is 40.4. The molecule has 530 valence electrons. The first-order valence-electron chi connectivity index (χ1n) is 39.9. The Bertz CT molecular complexity index is 1400. The van der Waals surface area contributed by atoms with Crippen LogP contribution in [-0.2, 0) is 23.0 Å². The minimum atomic E-state index is -1.22. The van der Waals surface area contributed by atoms with Crippen LogP contribution in [0.25, 0.3) is 0 Å². The molecule has 0 amide bonds. The Labute approximate surface area is 576 Å². The van der Waals surface area contributed by atoms with Crippen molar-refractivity contribution in [1.82, 2.24) is 0 Å². The first kappa shape index (κ1) is 92.9. The molecule has 8 heteroatoms. The van der Waals surface area contributed by atoms with Gasteiger partial charge in [-0.3, -0.25) is 9.59 Å². The second-order valence-electron chi connectivity index (χ2n) is 27.5. The molecule has 0 aliphatic heterocycles. The summed E-state index contributed by atoms with van der Waals surface area (Å²) in [6, 6.07) is 0. The number of carbonyl (C=O) groups is 4. The molecule has 0 N–H and O–H groups in total. The van der Waals surface area contributed by atoms with Crippen molar-refractivity contribution in [2.75, 3.05) is 0 Å². The van der Waals surface area contributed by atoms with Crippen molar-refractivity contribution in [1.29, 1.82) is 0 Å². The average Bonchev–Trinajstić information content (AvgIpc) is 3.74. The molecule has 0 saturated carbocycles. The van der Waals surface area contributed by atoms with Crippen molar-refractivity contribution < 1.29 is 33.2 Å². The second kappa shape index (κ2) is 82.0. The predicted octanol–water partition coefficient (Wildman–Crippen LogP) is 24.8. The quantitative estimate of drug-likeness (QED) is 0.0257. The van der Waals surface area contributed by atoms with Crippen molar-refractivity contribution in [3.05, 3.63) is 48.6 Å². The Balaban J connectivity index is -0.00000158. The van der Waals surface area contributed by atoms with E-state index in [4.69, 9.17) is 0 Å². The van der Waals surface area contributed by atoms with Gasteiger partial charge in [-0.25, -0.2) is 0 Å². The maximum Gasteiger partial charge on any atom is 0.141 e. The molecule has 0 aromatic heterocycles. The third kappa shape index (κ3) is 83.8. The summed E-state index contributed by atoms with van der Waals surface area (Å²) in [5, 5.41) is 22.0. The molecule has 0 heterocycles. The minimum Gasteiger partial charge on any atom is -0.550 e. The van der Waals surface area contributed by atoms with Crippen LogP contribution in [0.2, 0.25) is 0 Å². The van der Waals surface area contributed by atoms with Crippen molar-refractivity contribution in [3.8, 4) is 0 Å². The van der Waals surface area contributed by atoms with Crippen LogP contribution in [0.5, 0.6) is 0 Å². The van der Waals surface area contributed by atoms with Gasteiger partial charge in [-0.05, 0) is 128 Å². The van der Waals surface area contributed by atoms with Gasteiger partial charge in [0.05, 0.1) is 0 Å². The molecule has 0 spiro atoms. The van der Waals surface area contributed by atoms with Crippen molar-refractivity contribution in [3.63, 3.8) is 0 Å². The van der Waals surface area contributed by atoms with Crippen LogP contribution < -0.4 is 10.2 Å². The average molecular weight is 1290 g/mol. The van der Waals surface area contributed by atoms with E-state index < -0.39 is 24.8 Å². The molecule has 0 aliphatic carbocycles. The van der Waals surface area contributed by atoms with Gasteiger partial charge in [0.15, 0.2) is 0 Å². The minimum absolute atomic E-state index is 0.0912. The Morgan fingerprint density at radius 2 is 0.418 bits per heavy atom. The second-order valence-corrected chi connectivity index (χ2v) is 27.8. The normalized spacial score (nSPS) is 11.8. The van der Waals surface area contributed by atoms with Crippen molar-refractivity contribution in [2.45, 2.75) is 446 Å². The van der Waals surface area contributed by atoms with E-state index in [1.165, 1.54) is 308 Å². The van der Waals surface area contributed by atoms with Crippen LogP contribution in [0.3, 0.4) is 0 Å². The number of hydrogen-bond acceptors (Lipinski definition) is 7. The summed E-state index contributed by atoms with van der Waals surface area (Å²) < 4.78 is 4.67. The number of allylic oxidation sites excluding steroid dienone is 8. The van der Waals surface area contributed by atoms with E-state index in [1.54, 1.807) is 0 Å². The van der Waals surface area contributed by atoms with Crippen LogP contribution in [0.4, 0.5) is 0 Å². The maximum absolute atomic E-state index is 12.5. The smallest absolute Gasteiger partial charge is 0.141 e. The van der Waals surface area contributed by atoms with Crippen LogP contribution in [0.15, 0.2) is 48.6 Å². The van der Waals surface area contributed by atoms with Gasteiger partial charge in [-0.1, -0.05) is 333 Å². The monoisotopic (exact) mass is 1290 g/mol. The van der Waals surface area contributed by atoms with Crippen LogP contribution in [-0.4, -0.2) is 46.2 Å². The van der Waals surface area contributed by atoms with Gasteiger partial charge in [0.2, 0.25) is 0 Å². The summed E-state index contributed by atoms with van der Waals surface area (Å²) >= 11 is 2.19. The van der Waals surface area contributed by atoms with Gasteiger partial charge in [0, 0.05) is 36.6 Å². The Hall–Kier alpha value is -2.27. The first-order chi connectivity index (χ1) is 44.5. The van der Waals surface area contributed by atoms with E-state index in [9.17, 15) is 29.4 Å². The van der Waals surface area contributed by atoms with E-state index >= 15 is 0 Å². The van der Waals surface area contributed by atoms with Gasteiger partial charge in [-0.2, -0.15) is 0 Å². The number of rotatable bonds is 71. The topological polar surface area (TPSA) is 124 Å². The standard InChI is InChI=1S/2C40H74O3.C3H7O.Al/c2*1-3-5-7-9-11-13-15-17-19-21-23-25-27-29-31-33-35-38(39(41)37-40(42)43)36-34-32-30-28-26-24-22-20-18-16-14-12-10-8-6-4-2;1-3(2)4;/h2*17-20,38H,3-16,21-37H2,1-2H3,(H,42,43);3H,1-2H3;/q;;-1;+3/p-2/b2*19-17-,20-18-;;. The molecule has 0 aromatic carbocycles. The van der Waals surface area contributed by atoms with Gasteiger partial charge in [-0.15, -0.1) is 0 Å². The molecular formula is C83H153AlO7. The Kier molecular flexibility index (Phi) is 83.7. The van der Waals surface area contributed by atoms with Crippen molar-refractivity contribution >= 4 is 40.1 Å². The molecule has 0 aromatic rings. The van der Waals surface area contributed by atoms with Gasteiger partial charge < -0.3 is 19.8 Å². The number of carboxylic acids is 2. The molecule has 0 aliphatic rings. The largest absolute Gasteiger partial charge is 0.550 e. The zero-order chi connectivity index (χ0) is 67.2. The van der Waals surface area contributed by atoms with Crippen LogP contribution in [0, 0.1) is 11.8 Å². The molecular weight excluding hydrogens is 1140 g/mol. The Morgan fingerprint density at radius 3 is 0.560 bits per heavy atom. The fraction of sp³-hybridized carbons (Fsp3) is 0.855. The number of hydrogen-bond donors (Lipinski definition) is 0. The number of carbonyl (C=O) groups excluding carboxylic acids is 4. The fourth-order valence-corrected chi connectivity index (χ4v) is 12.1. The summed E-state index contributed by atoms with van der Waals surface area (Å²) in [6.07, 6.45) is 93.4. The van der Waals surface area contributed by atoms with Crippen LogP contribution >= 0.6 is 0 Å². The molecule has 0 atom stereocenters. The Morgan fingerprint density at radius 1 is 0.275 bits per heavy atom. The van der Waals surface area contributed by atoms with E-state index in [-0.39, 0.29) is 23.4 Å². The molecule has 0 radical (unpaired) electrons. The molecule has 0 rings (SSSR count). The zero-order valence-electron chi connectivity index (χ0n) is 61.6. The number of aliphatic carboxylic acids is 2. The van der Waals surface area contributed by atoms with Crippen molar-refractivity contribution in [2.24, 2.45) is 11.8 Å². The summed E-state index contributed by atoms with van der Waals surface area (Å²) in [5.74, 6) is -2.85. The SMILES string of the molecule is CC(C)[O][Al+2].CCCCCCCC/C=C\CCCCCCCCC(CCCCCCCC/C=C\CCCCCCCC)C(=O)CC(=O)[O-].CCCCCCCC/C=C\CCCCCCCCC(CCCCCCCC/C=C\CCCCCCCC)C(=O)CC(=O)[O-]. The zero-order valence-corrected chi connectivity index (χ0v) is 62.8. The predicted molar refractivity (Wildman–Crippen MR) is 394 cm³/mol. The molecule has 7 nitrogen and oxygen atoms in total. The maximum atomic E-state index is 12.5.